The summed E-state index contributed by atoms with van der Waals surface area (Å²) < 4.78 is 16.3. The van der Waals surface area contributed by atoms with Crippen LogP contribution in [-0.2, 0) is 11.2 Å². The second kappa shape index (κ2) is 10.9. The van der Waals surface area contributed by atoms with Gasteiger partial charge in [0.05, 0.1) is 20.8 Å². The Morgan fingerprint density at radius 1 is 1.23 bits per heavy atom. The summed E-state index contributed by atoms with van der Waals surface area (Å²) in [6.45, 7) is 3.38. The molecule has 0 aromatic heterocycles. The minimum atomic E-state index is 0.749. The summed E-state index contributed by atoms with van der Waals surface area (Å²) in [6.07, 6.45) is 4.65. The van der Waals surface area contributed by atoms with Crippen molar-refractivity contribution in [1.29, 1.82) is 0 Å². The smallest absolute Gasteiger partial charge is 0.193 e. The van der Waals surface area contributed by atoms with Crippen LogP contribution in [0.25, 0.3) is 0 Å². The molecule has 146 valence electrons. The van der Waals surface area contributed by atoms with E-state index in [1.54, 1.807) is 14.2 Å². The third-order valence-corrected chi connectivity index (χ3v) is 4.57. The Morgan fingerprint density at radius 3 is 2.65 bits per heavy atom. The number of aryl methyl sites for hydroxylation is 1. The van der Waals surface area contributed by atoms with Crippen molar-refractivity contribution in [3.63, 3.8) is 0 Å². The standard InChI is InChI=1S/C20H33N3O3/c1-21-20(23(2)12-13-26-15-17-7-8-17)22-11-5-6-16-9-10-18(24-3)19(14-16)25-4/h9-10,14,17H,5-8,11-13,15H2,1-4H3,(H,21,22). The molecule has 0 bridgehead atoms. The molecule has 0 unspecified atom stereocenters. The van der Waals surface area contributed by atoms with E-state index in [9.17, 15) is 0 Å². The van der Waals surface area contributed by atoms with E-state index < -0.39 is 0 Å². The highest BCUT2D eigenvalue weighted by Gasteiger charge is 2.21. The molecule has 0 spiro atoms. The van der Waals surface area contributed by atoms with E-state index in [2.05, 4.69) is 21.3 Å². The summed E-state index contributed by atoms with van der Waals surface area (Å²) in [6, 6.07) is 6.08. The van der Waals surface area contributed by atoms with E-state index in [0.717, 1.165) is 62.5 Å². The molecule has 2 rings (SSSR count). The fraction of sp³-hybridized carbons (Fsp3) is 0.650. The highest BCUT2D eigenvalue weighted by Crippen LogP contribution is 2.29. The predicted octanol–water partition coefficient (Wildman–Crippen LogP) is 2.57. The van der Waals surface area contributed by atoms with E-state index in [-0.39, 0.29) is 0 Å². The third-order valence-electron chi connectivity index (χ3n) is 4.57. The zero-order chi connectivity index (χ0) is 18.8. The Balaban J connectivity index is 1.66. The molecule has 1 aromatic rings. The first kappa shape index (κ1) is 20.4. The van der Waals surface area contributed by atoms with Crippen LogP contribution in [0.3, 0.4) is 0 Å². The fourth-order valence-corrected chi connectivity index (χ4v) is 2.76. The number of nitrogens with zero attached hydrogens (tertiary/aromatic N) is 2. The van der Waals surface area contributed by atoms with Gasteiger partial charge in [0, 0.05) is 33.8 Å². The van der Waals surface area contributed by atoms with Crippen molar-refractivity contribution in [3.05, 3.63) is 23.8 Å². The van der Waals surface area contributed by atoms with Crippen molar-refractivity contribution in [2.75, 3.05) is 54.6 Å². The van der Waals surface area contributed by atoms with Gasteiger partial charge in [0.25, 0.3) is 0 Å². The van der Waals surface area contributed by atoms with Crippen LogP contribution in [0.15, 0.2) is 23.2 Å². The van der Waals surface area contributed by atoms with Crippen molar-refractivity contribution in [2.24, 2.45) is 10.9 Å². The minimum absolute atomic E-state index is 0.749. The topological polar surface area (TPSA) is 55.3 Å². The van der Waals surface area contributed by atoms with Crippen LogP contribution in [0, 0.1) is 5.92 Å². The van der Waals surface area contributed by atoms with Crippen LogP contribution in [0.2, 0.25) is 0 Å². The third kappa shape index (κ3) is 6.75. The number of hydrogen-bond donors (Lipinski definition) is 1. The van der Waals surface area contributed by atoms with Crippen molar-refractivity contribution in [1.82, 2.24) is 10.2 Å². The second-order valence-corrected chi connectivity index (χ2v) is 6.71. The van der Waals surface area contributed by atoms with Crippen molar-refractivity contribution in [2.45, 2.75) is 25.7 Å². The summed E-state index contributed by atoms with van der Waals surface area (Å²) in [7, 11) is 7.18. The lowest BCUT2D eigenvalue weighted by molar-refractivity contribution is 0.115. The number of ether oxygens (including phenoxy) is 3. The molecular formula is C20H33N3O3. The van der Waals surface area contributed by atoms with E-state index in [0.29, 0.717) is 0 Å². The molecule has 1 aliphatic rings. The first-order valence-electron chi connectivity index (χ1n) is 9.38. The van der Waals surface area contributed by atoms with Crippen LogP contribution < -0.4 is 14.8 Å². The number of nitrogens with one attached hydrogen (secondary N) is 1. The molecule has 0 radical (unpaired) electrons. The van der Waals surface area contributed by atoms with Crippen LogP contribution in [0.4, 0.5) is 0 Å². The molecule has 1 aromatic carbocycles. The number of likely N-dealkylation sites (N-methyl/N-ethyl adjacent to an activating group) is 1. The van der Waals surface area contributed by atoms with Gasteiger partial charge in [-0.15, -0.1) is 0 Å². The molecule has 1 N–H and O–H groups in total. The summed E-state index contributed by atoms with van der Waals surface area (Å²) in [5.74, 6) is 3.27. The lowest BCUT2D eigenvalue weighted by Gasteiger charge is -2.22. The second-order valence-electron chi connectivity index (χ2n) is 6.71. The summed E-state index contributed by atoms with van der Waals surface area (Å²) in [4.78, 5) is 6.46. The maximum atomic E-state index is 5.70. The lowest BCUT2D eigenvalue weighted by Crippen LogP contribution is -2.41. The molecule has 0 saturated heterocycles. The molecule has 0 amide bonds. The Morgan fingerprint density at radius 2 is 2.00 bits per heavy atom. The number of methoxy groups -OCH3 is 2. The first-order chi connectivity index (χ1) is 12.7. The van der Waals surface area contributed by atoms with Gasteiger partial charge in [-0.05, 0) is 49.3 Å². The molecule has 1 aliphatic carbocycles. The lowest BCUT2D eigenvalue weighted by atomic mass is 10.1. The van der Waals surface area contributed by atoms with E-state index in [4.69, 9.17) is 14.2 Å². The fourth-order valence-electron chi connectivity index (χ4n) is 2.76. The number of rotatable bonds is 11. The first-order valence-corrected chi connectivity index (χ1v) is 9.38. The van der Waals surface area contributed by atoms with Gasteiger partial charge < -0.3 is 24.4 Å². The summed E-state index contributed by atoms with van der Waals surface area (Å²) in [5.41, 5.74) is 1.24. The minimum Gasteiger partial charge on any atom is -0.493 e. The van der Waals surface area contributed by atoms with Crippen molar-refractivity contribution >= 4 is 5.96 Å². The average molecular weight is 364 g/mol. The van der Waals surface area contributed by atoms with E-state index >= 15 is 0 Å². The Kier molecular flexibility index (Phi) is 8.54. The molecule has 1 saturated carbocycles. The Labute approximate surface area is 157 Å². The van der Waals surface area contributed by atoms with Crippen LogP contribution in [0.1, 0.15) is 24.8 Å². The van der Waals surface area contributed by atoms with Crippen LogP contribution in [0.5, 0.6) is 11.5 Å². The molecule has 1 fully saturated rings. The number of aliphatic imine (C=N–C) groups is 1. The number of hydrogen-bond acceptors (Lipinski definition) is 4. The zero-order valence-corrected chi connectivity index (χ0v) is 16.6. The molecule has 0 heterocycles. The molecule has 26 heavy (non-hydrogen) atoms. The maximum absolute atomic E-state index is 5.70. The highest BCUT2D eigenvalue weighted by atomic mass is 16.5. The van der Waals surface area contributed by atoms with E-state index in [1.165, 1.54) is 18.4 Å². The highest BCUT2D eigenvalue weighted by molar-refractivity contribution is 5.79. The van der Waals surface area contributed by atoms with Gasteiger partial charge in [0.15, 0.2) is 17.5 Å². The monoisotopic (exact) mass is 363 g/mol. The Bertz CT molecular complexity index is 573. The Hall–Kier alpha value is -1.95. The van der Waals surface area contributed by atoms with Gasteiger partial charge >= 0.3 is 0 Å². The quantitative estimate of drug-likeness (QED) is 0.372. The summed E-state index contributed by atoms with van der Waals surface area (Å²) in [5, 5.41) is 3.42. The maximum Gasteiger partial charge on any atom is 0.193 e. The molecule has 6 nitrogen and oxygen atoms in total. The van der Waals surface area contributed by atoms with Gasteiger partial charge in [0.1, 0.15) is 0 Å². The molecule has 0 atom stereocenters. The zero-order valence-electron chi connectivity index (χ0n) is 16.6. The van der Waals surface area contributed by atoms with Crippen molar-refractivity contribution in [3.8, 4) is 11.5 Å². The predicted molar refractivity (Wildman–Crippen MR) is 105 cm³/mol. The van der Waals surface area contributed by atoms with Gasteiger partial charge in [-0.3, -0.25) is 4.99 Å². The summed E-state index contributed by atoms with van der Waals surface area (Å²) >= 11 is 0. The SMILES string of the molecule is CN=C(NCCCc1ccc(OC)c(OC)c1)N(C)CCOCC1CC1. The van der Waals surface area contributed by atoms with E-state index in [1.807, 2.05) is 26.2 Å². The van der Waals surface area contributed by atoms with Crippen LogP contribution >= 0.6 is 0 Å². The normalized spacial score (nSPS) is 14.2. The van der Waals surface area contributed by atoms with Gasteiger partial charge in [-0.2, -0.15) is 0 Å². The largest absolute Gasteiger partial charge is 0.493 e. The van der Waals surface area contributed by atoms with Crippen molar-refractivity contribution < 1.29 is 14.2 Å². The van der Waals surface area contributed by atoms with Crippen LogP contribution in [-0.4, -0.2) is 65.5 Å². The van der Waals surface area contributed by atoms with Gasteiger partial charge in [-0.25, -0.2) is 0 Å². The number of benzene rings is 1. The molecule has 0 aliphatic heterocycles. The van der Waals surface area contributed by atoms with Gasteiger partial charge in [-0.1, -0.05) is 6.07 Å². The van der Waals surface area contributed by atoms with Gasteiger partial charge in [0.2, 0.25) is 0 Å². The molecule has 6 heteroatoms. The number of guanidine groups is 1. The average Bonchev–Trinajstić information content (AvgIpc) is 3.49. The molecular weight excluding hydrogens is 330 g/mol.